The Morgan fingerprint density at radius 2 is 1.85 bits per heavy atom. The van der Waals surface area contributed by atoms with Crippen LogP contribution in [0, 0.1) is 5.82 Å². The molecule has 1 saturated heterocycles. The number of hydrogen-bond donors (Lipinski definition) is 1. The van der Waals surface area contributed by atoms with Gasteiger partial charge in [0.15, 0.2) is 0 Å². The van der Waals surface area contributed by atoms with Crippen LogP contribution < -0.4 is 0 Å². The molecule has 1 aliphatic heterocycles. The SMILES string of the molecule is O[C@H](CN1CCOCC1)[C@H](c1cccc(F)c1)n1ccc2ccccc21. The van der Waals surface area contributed by atoms with Gasteiger partial charge in [0.2, 0.25) is 0 Å². The molecular formula is C21H23FN2O2. The highest BCUT2D eigenvalue weighted by Gasteiger charge is 2.27. The monoisotopic (exact) mass is 354 g/mol. The maximum Gasteiger partial charge on any atom is 0.123 e. The molecule has 4 rings (SSSR count). The molecule has 0 unspecified atom stereocenters. The number of nitrogens with zero attached hydrogens (tertiary/aromatic N) is 2. The molecule has 0 spiro atoms. The average Bonchev–Trinajstić information content (AvgIpc) is 3.07. The molecule has 5 heteroatoms. The van der Waals surface area contributed by atoms with Gasteiger partial charge in [-0.1, -0.05) is 30.3 Å². The third-order valence-electron chi connectivity index (χ3n) is 5.03. The van der Waals surface area contributed by atoms with Crippen LogP contribution in [0.15, 0.2) is 60.8 Å². The second kappa shape index (κ2) is 7.58. The summed E-state index contributed by atoms with van der Waals surface area (Å²) in [6, 6.07) is 16.3. The first-order valence-electron chi connectivity index (χ1n) is 9.01. The van der Waals surface area contributed by atoms with Crippen molar-refractivity contribution in [2.75, 3.05) is 32.8 Å². The van der Waals surface area contributed by atoms with Gasteiger partial charge in [-0.05, 0) is 35.2 Å². The van der Waals surface area contributed by atoms with E-state index in [-0.39, 0.29) is 11.9 Å². The minimum absolute atomic E-state index is 0.289. The smallest absolute Gasteiger partial charge is 0.123 e. The molecule has 0 bridgehead atoms. The number of hydrogen-bond acceptors (Lipinski definition) is 3. The molecule has 3 aromatic rings. The molecule has 1 aliphatic rings. The van der Waals surface area contributed by atoms with Crippen molar-refractivity contribution in [3.05, 3.63) is 72.2 Å². The molecule has 0 saturated carbocycles. The lowest BCUT2D eigenvalue weighted by Gasteiger charge is -2.33. The van der Waals surface area contributed by atoms with Gasteiger partial charge in [0.25, 0.3) is 0 Å². The lowest BCUT2D eigenvalue weighted by molar-refractivity contribution is 0.00700. The predicted molar refractivity (Wildman–Crippen MR) is 99.7 cm³/mol. The van der Waals surface area contributed by atoms with E-state index < -0.39 is 6.10 Å². The van der Waals surface area contributed by atoms with Crippen LogP contribution in [0.1, 0.15) is 11.6 Å². The Hall–Kier alpha value is -2.21. The van der Waals surface area contributed by atoms with Gasteiger partial charge in [-0.25, -0.2) is 4.39 Å². The van der Waals surface area contributed by atoms with Crippen molar-refractivity contribution in [2.45, 2.75) is 12.1 Å². The molecule has 0 aliphatic carbocycles. The standard InChI is InChI=1S/C21H23FN2O2/c22-18-6-3-5-17(14-18)21(20(25)15-23-10-12-26-13-11-23)24-9-8-16-4-1-2-7-19(16)24/h1-9,14,20-21,25H,10-13,15H2/t20-,21+/m1/s1. The van der Waals surface area contributed by atoms with E-state index in [2.05, 4.69) is 9.47 Å². The Bertz CT molecular complexity index is 873. The predicted octanol–water partition coefficient (Wildman–Crippen LogP) is 3.06. The lowest BCUT2D eigenvalue weighted by atomic mass is 10.00. The number of fused-ring (bicyclic) bond motifs is 1. The first-order chi connectivity index (χ1) is 12.7. The first-order valence-corrected chi connectivity index (χ1v) is 9.01. The summed E-state index contributed by atoms with van der Waals surface area (Å²) in [4.78, 5) is 2.20. The van der Waals surface area contributed by atoms with Crippen molar-refractivity contribution in [3.8, 4) is 0 Å². The van der Waals surface area contributed by atoms with Crippen LogP contribution in [0.25, 0.3) is 10.9 Å². The van der Waals surface area contributed by atoms with E-state index in [9.17, 15) is 9.50 Å². The van der Waals surface area contributed by atoms with E-state index in [1.807, 2.05) is 42.6 Å². The van der Waals surface area contributed by atoms with Gasteiger partial charge in [0.05, 0.1) is 25.4 Å². The highest BCUT2D eigenvalue weighted by atomic mass is 19.1. The second-order valence-corrected chi connectivity index (χ2v) is 6.76. The molecule has 4 nitrogen and oxygen atoms in total. The largest absolute Gasteiger partial charge is 0.389 e. The lowest BCUT2D eigenvalue weighted by Crippen LogP contribution is -2.43. The van der Waals surface area contributed by atoms with Crippen molar-refractivity contribution < 1.29 is 14.2 Å². The first kappa shape index (κ1) is 17.2. The van der Waals surface area contributed by atoms with E-state index in [0.717, 1.165) is 29.6 Å². The Morgan fingerprint density at radius 1 is 1.04 bits per heavy atom. The number of aliphatic hydroxyl groups excluding tert-OH is 1. The van der Waals surface area contributed by atoms with Crippen LogP contribution >= 0.6 is 0 Å². The Labute approximate surface area is 152 Å². The minimum atomic E-state index is -0.661. The van der Waals surface area contributed by atoms with E-state index in [4.69, 9.17) is 4.74 Å². The minimum Gasteiger partial charge on any atom is -0.389 e. The molecule has 1 fully saturated rings. The van der Waals surface area contributed by atoms with Gasteiger partial charge in [-0.15, -0.1) is 0 Å². The van der Waals surface area contributed by atoms with Gasteiger partial charge in [0, 0.05) is 31.3 Å². The molecule has 2 atom stereocenters. The Balaban J connectivity index is 1.71. The average molecular weight is 354 g/mol. The summed E-state index contributed by atoms with van der Waals surface area (Å²) >= 11 is 0. The zero-order valence-corrected chi connectivity index (χ0v) is 14.6. The van der Waals surface area contributed by atoms with Crippen molar-refractivity contribution in [3.63, 3.8) is 0 Å². The van der Waals surface area contributed by atoms with Crippen LogP contribution in [-0.2, 0) is 4.74 Å². The van der Waals surface area contributed by atoms with Crippen LogP contribution in [-0.4, -0.2) is 53.5 Å². The molecule has 0 radical (unpaired) electrons. The van der Waals surface area contributed by atoms with Crippen LogP contribution in [0.4, 0.5) is 4.39 Å². The van der Waals surface area contributed by atoms with E-state index >= 15 is 0 Å². The fraction of sp³-hybridized carbons (Fsp3) is 0.333. The fourth-order valence-electron chi connectivity index (χ4n) is 3.75. The van der Waals surface area contributed by atoms with Crippen molar-refractivity contribution >= 4 is 10.9 Å². The number of aliphatic hydroxyl groups is 1. The van der Waals surface area contributed by atoms with Crippen LogP contribution in [0.3, 0.4) is 0 Å². The molecule has 1 aromatic heterocycles. The summed E-state index contributed by atoms with van der Waals surface area (Å²) in [7, 11) is 0. The molecule has 2 heterocycles. The molecule has 1 N–H and O–H groups in total. The van der Waals surface area contributed by atoms with Crippen LogP contribution in [0.5, 0.6) is 0 Å². The topological polar surface area (TPSA) is 37.6 Å². The number of ether oxygens (including phenoxy) is 1. The zero-order chi connectivity index (χ0) is 17.9. The summed E-state index contributed by atoms with van der Waals surface area (Å²) in [5.74, 6) is -0.289. The van der Waals surface area contributed by atoms with Crippen LogP contribution in [0.2, 0.25) is 0 Å². The van der Waals surface area contributed by atoms with Gasteiger partial charge < -0.3 is 14.4 Å². The van der Waals surface area contributed by atoms with Gasteiger partial charge >= 0.3 is 0 Å². The molecule has 26 heavy (non-hydrogen) atoms. The van der Waals surface area contributed by atoms with E-state index in [0.29, 0.717) is 19.8 Å². The second-order valence-electron chi connectivity index (χ2n) is 6.76. The summed E-state index contributed by atoms with van der Waals surface area (Å²) in [6.07, 6.45) is 1.31. The summed E-state index contributed by atoms with van der Waals surface area (Å²) < 4.78 is 21.3. The fourth-order valence-corrected chi connectivity index (χ4v) is 3.75. The van der Waals surface area contributed by atoms with Gasteiger partial charge in [0.1, 0.15) is 5.82 Å². The number of halogens is 1. The van der Waals surface area contributed by atoms with Crippen molar-refractivity contribution in [1.29, 1.82) is 0 Å². The molecular weight excluding hydrogens is 331 g/mol. The van der Waals surface area contributed by atoms with E-state index in [1.165, 1.54) is 12.1 Å². The molecule has 136 valence electrons. The van der Waals surface area contributed by atoms with E-state index in [1.54, 1.807) is 6.07 Å². The number of β-amino-alcohol motifs (C(OH)–C–C–N with tert-alkyl or cyclic N) is 1. The number of para-hydroxylation sites is 1. The quantitative estimate of drug-likeness (QED) is 0.765. The normalized spacial score (nSPS) is 18.1. The number of aromatic nitrogens is 1. The zero-order valence-electron chi connectivity index (χ0n) is 14.6. The van der Waals surface area contributed by atoms with Gasteiger partial charge in [-0.3, -0.25) is 4.90 Å². The number of benzene rings is 2. The van der Waals surface area contributed by atoms with Crippen molar-refractivity contribution in [2.24, 2.45) is 0 Å². The Kier molecular flexibility index (Phi) is 5.02. The third-order valence-corrected chi connectivity index (χ3v) is 5.03. The molecule has 0 amide bonds. The summed E-state index contributed by atoms with van der Waals surface area (Å²) in [6.45, 7) is 3.50. The Morgan fingerprint density at radius 3 is 2.65 bits per heavy atom. The third kappa shape index (κ3) is 3.51. The van der Waals surface area contributed by atoms with Gasteiger partial charge in [-0.2, -0.15) is 0 Å². The van der Waals surface area contributed by atoms with Crippen molar-refractivity contribution in [1.82, 2.24) is 9.47 Å². The molecule has 2 aromatic carbocycles. The maximum absolute atomic E-state index is 13.9. The number of rotatable bonds is 5. The maximum atomic E-state index is 13.9. The summed E-state index contributed by atoms with van der Waals surface area (Å²) in [5.41, 5.74) is 1.80. The highest BCUT2D eigenvalue weighted by Crippen LogP contribution is 2.29. The number of morpholine rings is 1. The highest BCUT2D eigenvalue weighted by molar-refractivity contribution is 5.80. The summed E-state index contributed by atoms with van der Waals surface area (Å²) in [5, 5.41) is 12.2.